The van der Waals surface area contributed by atoms with E-state index in [2.05, 4.69) is 32.3 Å². The number of nitrogens with one attached hydrogen (secondary N) is 1. The Kier molecular flexibility index (Phi) is 4.92. The van der Waals surface area contributed by atoms with Crippen LogP contribution in [0.3, 0.4) is 0 Å². The van der Waals surface area contributed by atoms with Gasteiger partial charge in [-0.25, -0.2) is 4.98 Å². The lowest BCUT2D eigenvalue weighted by Crippen LogP contribution is -2.40. The highest BCUT2D eigenvalue weighted by molar-refractivity contribution is 9.10. The monoisotopic (exact) mass is 321 g/mol. The van der Waals surface area contributed by atoms with Gasteiger partial charge in [0.2, 0.25) is 0 Å². The fourth-order valence-electron chi connectivity index (χ4n) is 2.50. The van der Waals surface area contributed by atoms with Gasteiger partial charge in [0.25, 0.3) is 5.91 Å². The summed E-state index contributed by atoms with van der Waals surface area (Å²) in [6.07, 6.45) is 7.19. The van der Waals surface area contributed by atoms with E-state index in [0.717, 1.165) is 25.7 Å². The van der Waals surface area contributed by atoms with Crippen LogP contribution in [-0.2, 0) is 0 Å². The number of nitrogens with zero attached hydrogens (tertiary/aromatic N) is 2. The SMILES string of the molecule is N#CC(NC(=O)c1cccnc1Br)C1CCCCC1. The third-order valence-corrected chi connectivity index (χ3v) is 4.18. The normalized spacial score (nSPS) is 17.5. The van der Waals surface area contributed by atoms with Gasteiger partial charge in [0.05, 0.1) is 11.6 Å². The van der Waals surface area contributed by atoms with Gasteiger partial charge in [-0.2, -0.15) is 5.26 Å². The Hall–Kier alpha value is -1.41. The minimum atomic E-state index is -0.403. The lowest BCUT2D eigenvalue weighted by atomic mass is 9.84. The van der Waals surface area contributed by atoms with Gasteiger partial charge in [0, 0.05) is 6.20 Å². The molecular weight excluding hydrogens is 306 g/mol. The van der Waals surface area contributed by atoms with E-state index in [1.165, 1.54) is 6.42 Å². The van der Waals surface area contributed by atoms with Gasteiger partial charge in [-0.3, -0.25) is 4.79 Å². The van der Waals surface area contributed by atoms with Crippen molar-refractivity contribution in [2.75, 3.05) is 0 Å². The average molecular weight is 322 g/mol. The lowest BCUT2D eigenvalue weighted by Gasteiger charge is -2.26. The number of pyridine rings is 1. The zero-order valence-electron chi connectivity index (χ0n) is 10.6. The Labute approximate surface area is 121 Å². The Morgan fingerprint density at radius 1 is 1.47 bits per heavy atom. The van der Waals surface area contributed by atoms with E-state index in [1.54, 1.807) is 18.3 Å². The van der Waals surface area contributed by atoms with Crippen LogP contribution in [0.2, 0.25) is 0 Å². The predicted molar refractivity (Wildman–Crippen MR) is 75.4 cm³/mol. The molecule has 1 saturated carbocycles. The van der Waals surface area contributed by atoms with Crippen molar-refractivity contribution >= 4 is 21.8 Å². The second-order valence-electron chi connectivity index (χ2n) is 4.82. The van der Waals surface area contributed by atoms with Crippen LogP contribution in [0.15, 0.2) is 22.9 Å². The molecule has 1 atom stereocenters. The van der Waals surface area contributed by atoms with Crippen molar-refractivity contribution in [1.82, 2.24) is 10.3 Å². The lowest BCUT2D eigenvalue weighted by molar-refractivity contribution is 0.0927. The number of nitriles is 1. The highest BCUT2D eigenvalue weighted by atomic mass is 79.9. The molecule has 2 rings (SSSR count). The van der Waals surface area contributed by atoms with E-state index in [4.69, 9.17) is 0 Å². The molecule has 1 heterocycles. The number of halogens is 1. The zero-order chi connectivity index (χ0) is 13.7. The topological polar surface area (TPSA) is 65.8 Å². The van der Waals surface area contributed by atoms with Gasteiger partial charge >= 0.3 is 0 Å². The molecule has 0 radical (unpaired) electrons. The first-order valence-electron chi connectivity index (χ1n) is 6.53. The maximum absolute atomic E-state index is 12.1. The Balaban J connectivity index is 2.04. The van der Waals surface area contributed by atoms with Crippen molar-refractivity contribution in [2.24, 2.45) is 5.92 Å². The number of carbonyl (C=O) groups is 1. The molecular formula is C14H16BrN3O. The summed E-state index contributed by atoms with van der Waals surface area (Å²) >= 11 is 3.25. The summed E-state index contributed by atoms with van der Waals surface area (Å²) in [4.78, 5) is 16.2. The number of amides is 1. The predicted octanol–water partition coefficient (Wildman–Crippen LogP) is 3.05. The standard InChI is InChI=1S/C14H16BrN3O/c15-13-11(7-4-8-17-13)14(19)18-12(9-16)10-5-2-1-3-6-10/h4,7-8,10,12H,1-3,5-6H2,(H,18,19). The second-order valence-corrected chi connectivity index (χ2v) is 5.57. The molecule has 1 aromatic heterocycles. The number of hydrogen-bond donors (Lipinski definition) is 1. The smallest absolute Gasteiger partial charge is 0.255 e. The van der Waals surface area contributed by atoms with E-state index in [0.29, 0.717) is 10.2 Å². The molecule has 1 unspecified atom stereocenters. The molecule has 1 fully saturated rings. The summed E-state index contributed by atoms with van der Waals surface area (Å²) in [5.74, 6) is 0.0373. The highest BCUT2D eigenvalue weighted by Gasteiger charge is 2.25. The van der Waals surface area contributed by atoms with Gasteiger partial charge in [-0.15, -0.1) is 0 Å². The Morgan fingerprint density at radius 2 is 2.21 bits per heavy atom. The summed E-state index contributed by atoms with van der Waals surface area (Å²) in [5, 5.41) is 12.1. The molecule has 0 bridgehead atoms. The molecule has 1 aromatic rings. The summed E-state index contributed by atoms with van der Waals surface area (Å²) in [6, 6.07) is 5.23. The van der Waals surface area contributed by atoms with E-state index in [9.17, 15) is 10.1 Å². The number of rotatable bonds is 3. The molecule has 1 aliphatic rings. The molecule has 4 nitrogen and oxygen atoms in total. The van der Waals surface area contributed by atoms with Crippen molar-refractivity contribution in [3.63, 3.8) is 0 Å². The molecule has 0 aromatic carbocycles. The Morgan fingerprint density at radius 3 is 2.84 bits per heavy atom. The van der Waals surface area contributed by atoms with Crippen LogP contribution in [0, 0.1) is 17.2 Å². The van der Waals surface area contributed by atoms with Gasteiger partial charge in [0.1, 0.15) is 10.6 Å². The highest BCUT2D eigenvalue weighted by Crippen LogP contribution is 2.26. The first-order chi connectivity index (χ1) is 9.22. The van der Waals surface area contributed by atoms with E-state index in [-0.39, 0.29) is 11.8 Å². The first-order valence-corrected chi connectivity index (χ1v) is 7.32. The number of aromatic nitrogens is 1. The molecule has 1 amide bonds. The molecule has 1 N–H and O–H groups in total. The first kappa shape index (κ1) is 14.0. The van der Waals surface area contributed by atoms with Crippen LogP contribution in [0.25, 0.3) is 0 Å². The molecule has 0 saturated heterocycles. The third kappa shape index (κ3) is 3.54. The minimum Gasteiger partial charge on any atom is -0.336 e. The summed E-state index contributed by atoms with van der Waals surface area (Å²) in [6.45, 7) is 0. The van der Waals surface area contributed by atoms with Gasteiger partial charge < -0.3 is 5.32 Å². The molecule has 19 heavy (non-hydrogen) atoms. The third-order valence-electron chi connectivity index (χ3n) is 3.55. The fraction of sp³-hybridized carbons (Fsp3) is 0.500. The molecule has 0 spiro atoms. The maximum atomic E-state index is 12.1. The van der Waals surface area contributed by atoms with Gasteiger partial charge in [-0.05, 0) is 46.8 Å². The molecule has 100 valence electrons. The van der Waals surface area contributed by atoms with Gasteiger partial charge in [0.15, 0.2) is 0 Å². The second kappa shape index (κ2) is 6.67. The minimum absolute atomic E-state index is 0.239. The summed E-state index contributed by atoms with van der Waals surface area (Å²) in [5.41, 5.74) is 0.471. The van der Waals surface area contributed by atoms with Crippen LogP contribution in [0.1, 0.15) is 42.5 Å². The quantitative estimate of drug-likeness (QED) is 0.870. The Bertz CT molecular complexity index is 492. The van der Waals surface area contributed by atoms with Crippen LogP contribution in [0.5, 0.6) is 0 Å². The van der Waals surface area contributed by atoms with Gasteiger partial charge in [-0.1, -0.05) is 19.3 Å². The maximum Gasteiger partial charge on any atom is 0.255 e. The summed E-state index contributed by atoms with van der Waals surface area (Å²) < 4.78 is 0.507. The molecule has 0 aliphatic heterocycles. The average Bonchev–Trinajstić information content (AvgIpc) is 2.46. The van der Waals surface area contributed by atoms with Crippen LogP contribution in [0.4, 0.5) is 0 Å². The molecule has 5 heteroatoms. The van der Waals surface area contributed by atoms with Crippen molar-refractivity contribution in [2.45, 2.75) is 38.1 Å². The fourth-order valence-corrected chi connectivity index (χ4v) is 2.93. The van der Waals surface area contributed by atoms with E-state index >= 15 is 0 Å². The van der Waals surface area contributed by atoms with Crippen LogP contribution >= 0.6 is 15.9 Å². The number of carbonyl (C=O) groups excluding carboxylic acids is 1. The molecule has 1 aliphatic carbocycles. The van der Waals surface area contributed by atoms with E-state index < -0.39 is 6.04 Å². The van der Waals surface area contributed by atoms with Crippen LogP contribution in [-0.4, -0.2) is 16.9 Å². The summed E-state index contributed by atoms with van der Waals surface area (Å²) in [7, 11) is 0. The largest absolute Gasteiger partial charge is 0.336 e. The van der Waals surface area contributed by atoms with Crippen molar-refractivity contribution < 1.29 is 4.79 Å². The van der Waals surface area contributed by atoms with Crippen molar-refractivity contribution in [3.8, 4) is 6.07 Å². The van der Waals surface area contributed by atoms with Crippen molar-refractivity contribution in [1.29, 1.82) is 5.26 Å². The van der Waals surface area contributed by atoms with E-state index in [1.807, 2.05) is 0 Å². The van der Waals surface area contributed by atoms with Crippen LogP contribution < -0.4 is 5.32 Å². The van der Waals surface area contributed by atoms with Crippen molar-refractivity contribution in [3.05, 3.63) is 28.5 Å². The number of hydrogen-bond acceptors (Lipinski definition) is 3. The zero-order valence-corrected chi connectivity index (χ0v) is 12.2.